The van der Waals surface area contributed by atoms with Crippen LogP contribution in [-0.2, 0) is 0 Å². The van der Waals surface area contributed by atoms with Gasteiger partial charge in [-0.15, -0.1) is 0 Å². The lowest BCUT2D eigenvalue weighted by atomic mass is 9.93. The molecule has 0 saturated heterocycles. The summed E-state index contributed by atoms with van der Waals surface area (Å²) >= 11 is 2.04. The van der Waals surface area contributed by atoms with Crippen molar-refractivity contribution in [1.29, 1.82) is 0 Å². The lowest BCUT2D eigenvalue weighted by Crippen LogP contribution is -2.35. The number of thioether (sulfide) groups is 1. The summed E-state index contributed by atoms with van der Waals surface area (Å²) in [6.45, 7) is 6.70. The smallest absolute Gasteiger partial charge is 0.0296 e. The van der Waals surface area contributed by atoms with E-state index in [-0.39, 0.29) is 0 Å². The minimum atomic E-state index is 0.469. The number of aryl methyl sites for hydroxylation is 2. The van der Waals surface area contributed by atoms with Gasteiger partial charge in [0.15, 0.2) is 0 Å². The summed E-state index contributed by atoms with van der Waals surface area (Å²) in [7, 11) is 0. The first-order chi connectivity index (χ1) is 9.10. The van der Waals surface area contributed by atoms with Gasteiger partial charge in [0.1, 0.15) is 0 Å². The molecule has 0 aliphatic heterocycles. The Hall–Kier alpha value is -0.470. The second kappa shape index (κ2) is 6.81. The molecular weight excluding hydrogens is 250 g/mol. The molecule has 1 aromatic carbocycles. The van der Waals surface area contributed by atoms with Crippen LogP contribution in [0.3, 0.4) is 0 Å². The molecule has 1 N–H and O–H groups in total. The zero-order valence-corrected chi connectivity index (χ0v) is 13.5. The Bertz CT molecular complexity index is 408. The Morgan fingerprint density at radius 1 is 1.16 bits per heavy atom. The molecule has 106 valence electrons. The third kappa shape index (κ3) is 4.00. The van der Waals surface area contributed by atoms with Crippen LogP contribution in [0.2, 0.25) is 0 Å². The first-order valence-corrected chi connectivity index (χ1v) is 8.75. The second-order valence-electron chi connectivity index (χ2n) is 5.96. The molecule has 0 radical (unpaired) electrons. The minimum absolute atomic E-state index is 0.469. The molecule has 1 aliphatic carbocycles. The summed E-state index contributed by atoms with van der Waals surface area (Å²) in [6, 6.07) is 7.98. The number of hydrogen-bond acceptors (Lipinski definition) is 2. The molecule has 1 atom stereocenters. The van der Waals surface area contributed by atoms with Crippen molar-refractivity contribution >= 4 is 11.8 Å². The fourth-order valence-electron chi connectivity index (χ4n) is 3.22. The minimum Gasteiger partial charge on any atom is -0.307 e. The van der Waals surface area contributed by atoms with E-state index in [2.05, 4.69) is 50.5 Å². The second-order valence-corrected chi connectivity index (χ2v) is 7.10. The van der Waals surface area contributed by atoms with E-state index in [9.17, 15) is 0 Å². The van der Waals surface area contributed by atoms with E-state index in [1.165, 1.54) is 42.4 Å². The maximum absolute atomic E-state index is 3.83. The molecule has 0 bridgehead atoms. The van der Waals surface area contributed by atoms with Crippen molar-refractivity contribution in [2.24, 2.45) is 0 Å². The molecule has 0 spiro atoms. The lowest BCUT2D eigenvalue weighted by Gasteiger charge is -2.31. The highest BCUT2D eigenvalue weighted by Gasteiger charge is 2.22. The summed E-state index contributed by atoms with van der Waals surface area (Å²) in [5.41, 5.74) is 4.23. The summed E-state index contributed by atoms with van der Waals surface area (Å²) in [4.78, 5) is 0. The van der Waals surface area contributed by atoms with Crippen molar-refractivity contribution in [1.82, 2.24) is 5.32 Å². The van der Waals surface area contributed by atoms with Gasteiger partial charge in [-0.05, 0) is 63.8 Å². The van der Waals surface area contributed by atoms with Crippen LogP contribution < -0.4 is 5.32 Å². The molecule has 1 nitrogen and oxygen atoms in total. The fraction of sp³-hybridized carbons (Fsp3) is 0.647. The van der Waals surface area contributed by atoms with Gasteiger partial charge >= 0.3 is 0 Å². The van der Waals surface area contributed by atoms with E-state index < -0.39 is 0 Å². The van der Waals surface area contributed by atoms with Crippen LogP contribution in [0, 0.1) is 13.8 Å². The van der Waals surface area contributed by atoms with Gasteiger partial charge in [0, 0.05) is 17.3 Å². The van der Waals surface area contributed by atoms with Gasteiger partial charge in [0.2, 0.25) is 0 Å². The lowest BCUT2D eigenvalue weighted by molar-refractivity contribution is 0.352. The van der Waals surface area contributed by atoms with Gasteiger partial charge < -0.3 is 5.32 Å². The first-order valence-electron chi connectivity index (χ1n) is 7.46. The van der Waals surface area contributed by atoms with Crippen molar-refractivity contribution in [3.8, 4) is 0 Å². The zero-order chi connectivity index (χ0) is 13.8. The molecule has 1 aliphatic rings. The van der Waals surface area contributed by atoms with Crippen molar-refractivity contribution in [3.63, 3.8) is 0 Å². The Morgan fingerprint density at radius 2 is 1.84 bits per heavy atom. The summed E-state index contributed by atoms with van der Waals surface area (Å²) in [5.74, 6) is 0. The summed E-state index contributed by atoms with van der Waals surface area (Å²) in [6.07, 6.45) is 7.66. The SMILES string of the molecule is CSC1CCC(NC(C)c2ccc(C)cc2C)CC1. The topological polar surface area (TPSA) is 12.0 Å². The van der Waals surface area contributed by atoms with Crippen molar-refractivity contribution in [2.75, 3.05) is 6.26 Å². The van der Waals surface area contributed by atoms with Crippen LogP contribution in [0.5, 0.6) is 0 Å². The Balaban J connectivity index is 1.92. The van der Waals surface area contributed by atoms with Crippen molar-refractivity contribution < 1.29 is 0 Å². The van der Waals surface area contributed by atoms with E-state index in [1.807, 2.05) is 11.8 Å². The van der Waals surface area contributed by atoms with Crippen LogP contribution >= 0.6 is 11.8 Å². The third-order valence-electron chi connectivity index (χ3n) is 4.39. The van der Waals surface area contributed by atoms with E-state index in [0.29, 0.717) is 12.1 Å². The molecule has 2 rings (SSSR count). The summed E-state index contributed by atoms with van der Waals surface area (Å²) in [5, 5.41) is 4.73. The molecule has 1 aromatic rings. The van der Waals surface area contributed by atoms with E-state index in [0.717, 1.165) is 5.25 Å². The predicted molar refractivity (Wildman–Crippen MR) is 87.0 cm³/mol. The zero-order valence-electron chi connectivity index (χ0n) is 12.7. The average Bonchev–Trinajstić information content (AvgIpc) is 2.39. The molecular formula is C17H27NS. The quantitative estimate of drug-likeness (QED) is 0.861. The fourth-order valence-corrected chi connectivity index (χ4v) is 3.96. The molecule has 1 unspecified atom stereocenters. The molecule has 19 heavy (non-hydrogen) atoms. The van der Waals surface area contributed by atoms with Gasteiger partial charge in [-0.1, -0.05) is 23.8 Å². The Kier molecular flexibility index (Phi) is 5.35. The molecule has 2 heteroatoms. The van der Waals surface area contributed by atoms with E-state index >= 15 is 0 Å². The molecule has 0 heterocycles. The van der Waals surface area contributed by atoms with Crippen LogP contribution in [0.4, 0.5) is 0 Å². The van der Waals surface area contributed by atoms with Gasteiger partial charge in [-0.3, -0.25) is 0 Å². The largest absolute Gasteiger partial charge is 0.307 e. The van der Waals surface area contributed by atoms with Gasteiger partial charge in [-0.2, -0.15) is 11.8 Å². The van der Waals surface area contributed by atoms with Crippen LogP contribution in [0.25, 0.3) is 0 Å². The van der Waals surface area contributed by atoms with Gasteiger partial charge in [-0.25, -0.2) is 0 Å². The number of hydrogen-bond donors (Lipinski definition) is 1. The van der Waals surface area contributed by atoms with Crippen LogP contribution in [0.1, 0.15) is 55.3 Å². The molecule has 0 aromatic heterocycles. The number of rotatable bonds is 4. The maximum Gasteiger partial charge on any atom is 0.0296 e. The number of nitrogens with one attached hydrogen (secondary N) is 1. The van der Waals surface area contributed by atoms with E-state index in [4.69, 9.17) is 0 Å². The van der Waals surface area contributed by atoms with Crippen molar-refractivity contribution in [2.45, 2.75) is 63.8 Å². The summed E-state index contributed by atoms with van der Waals surface area (Å²) < 4.78 is 0. The maximum atomic E-state index is 3.83. The van der Waals surface area contributed by atoms with Crippen LogP contribution in [0.15, 0.2) is 18.2 Å². The molecule has 0 amide bonds. The highest BCUT2D eigenvalue weighted by atomic mass is 32.2. The molecule has 1 saturated carbocycles. The van der Waals surface area contributed by atoms with E-state index in [1.54, 1.807) is 0 Å². The average molecular weight is 277 g/mol. The highest BCUT2D eigenvalue weighted by Crippen LogP contribution is 2.28. The highest BCUT2D eigenvalue weighted by molar-refractivity contribution is 7.99. The van der Waals surface area contributed by atoms with Gasteiger partial charge in [0.05, 0.1) is 0 Å². The molecule has 1 fully saturated rings. The normalized spacial score (nSPS) is 25.3. The Morgan fingerprint density at radius 3 is 2.42 bits per heavy atom. The standard InChI is InChI=1S/C17H27NS/c1-12-5-10-17(13(2)11-12)14(3)18-15-6-8-16(19-4)9-7-15/h5,10-11,14-16,18H,6-9H2,1-4H3. The third-order valence-corrected chi connectivity index (χ3v) is 5.52. The first kappa shape index (κ1) is 14.9. The van der Waals surface area contributed by atoms with Gasteiger partial charge in [0.25, 0.3) is 0 Å². The predicted octanol–water partition coefficient (Wildman–Crippen LogP) is 4.63. The monoisotopic (exact) mass is 277 g/mol. The van der Waals surface area contributed by atoms with Crippen molar-refractivity contribution in [3.05, 3.63) is 34.9 Å². The number of benzene rings is 1. The van der Waals surface area contributed by atoms with Crippen LogP contribution in [-0.4, -0.2) is 17.5 Å². The Labute approximate surface area is 122 Å².